The molecule has 12 heavy (non-hydrogen) atoms. The third kappa shape index (κ3) is 1.47. The van der Waals surface area contributed by atoms with Gasteiger partial charge in [0.15, 0.2) is 0 Å². The Balaban J connectivity index is 3.04. The van der Waals surface area contributed by atoms with Crippen molar-refractivity contribution < 1.29 is 14.3 Å². The van der Waals surface area contributed by atoms with Gasteiger partial charge in [-0.2, -0.15) is 0 Å². The molecule has 0 radical (unpaired) electrons. The third-order valence-electron chi connectivity index (χ3n) is 1.69. The Bertz CT molecular complexity index is 293. The average molecular weight is 171 g/mol. The van der Waals surface area contributed by atoms with E-state index < -0.39 is 12.6 Å². The molecule has 1 heterocycles. The Morgan fingerprint density at radius 2 is 2.42 bits per heavy atom. The van der Waals surface area contributed by atoms with Crippen molar-refractivity contribution in [2.45, 2.75) is 13.5 Å². The zero-order valence-electron chi connectivity index (χ0n) is 6.75. The molecular weight excluding hydrogens is 161 g/mol. The number of hydrogen-bond acceptors (Lipinski definition) is 1. The van der Waals surface area contributed by atoms with Crippen molar-refractivity contribution >= 4 is 5.97 Å². The highest BCUT2D eigenvalue weighted by atomic mass is 19.1. The van der Waals surface area contributed by atoms with Crippen LogP contribution in [0.15, 0.2) is 12.3 Å². The van der Waals surface area contributed by atoms with Gasteiger partial charge in [0.05, 0.1) is 6.54 Å². The fraction of sp³-hybridized carbons (Fsp3) is 0.375. The fourth-order valence-corrected chi connectivity index (χ4v) is 1.15. The normalized spacial score (nSPS) is 10.2. The first-order chi connectivity index (χ1) is 5.66. The van der Waals surface area contributed by atoms with E-state index in [0.717, 1.165) is 0 Å². The van der Waals surface area contributed by atoms with Gasteiger partial charge in [-0.3, -0.25) is 0 Å². The van der Waals surface area contributed by atoms with Crippen molar-refractivity contribution in [1.29, 1.82) is 0 Å². The van der Waals surface area contributed by atoms with E-state index in [1.807, 2.05) is 0 Å². The molecule has 0 aliphatic heterocycles. The Labute approximate surface area is 69.4 Å². The summed E-state index contributed by atoms with van der Waals surface area (Å²) in [5.41, 5.74) is 0.837. The molecule has 0 unspecified atom stereocenters. The van der Waals surface area contributed by atoms with Gasteiger partial charge in [0.2, 0.25) is 0 Å². The maximum atomic E-state index is 11.9. The van der Waals surface area contributed by atoms with Crippen LogP contribution in [0.3, 0.4) is 0 Å². The highest BCUT2D eigenvalue weighted by Crippen LogP contribution is 2.09. The van der Waals surface area contributed by atoms with Crippen molar-refractivity contribution in [3.63, 3.8) is 0 Å². The highest BCUT2D eigenvalue weighted by molar-refractivity contribution is 5.87. The van der Waals surface area contributed by atoms with Crippen molar-refractivity contribution in [2.24, 2.45) is 0 Å². The number of hydrogen-bond donors (Lipinski definition) is 1. The summed E-state index contributed by atoms with van der Waals surface area (Å²) in [7, 11) is 0. The van der Waals surface area contributed by atoms with Gasteiger partial charge >= 0.3 is 5.97 Å². The molecule has 0 aliphatic carbocycles. The molecule has 0 fully saturated rings. The molecule has 0 aliphatic rings. The molecule has 4 heteroatoms. The van der Waals surface area contributed by atoms with E-state index in [0.29, 0.717) is 5.56 Å². The minimum absolute atomic E-state index is 0.107. The molecule has 0 amide bonds. The molecule has 1 rings (SSSR count). The van der Waals surface area contributed by atoms with Crippen LogP contribution in [0.25, 0.3) is 0 Å². The second kappa shape index (κ2) is 3.38. The monoisotopic (exact) mass is 171 g/mol. The number of carboxylic acid groups (broad SMARTS) is 1. The summed E-state index contributed by atoms with van der Waals surface area (Å²) in [6.07, 6.45) is 1.58. The quantitative estimate of drug-likeness (QED) is 0.748. The van der Waals surface area contributed by atoms with E-state index in [1.54, 1.807) is 19.2 Å². The van der Waals surface area contributed by atoms with Gasteiger partial charge in [-0.15, -0.1) is 0 Å². The minimum Gasteiger partial charge on any atom is -0.477 e. The molecule has 0 bridgehead atoms. The maximum Gasteiger partial charge on any atom is 0.352 e. The molecule has 0 atom stereocenters. The SMILES string of the molecule is Cc1ccn(CCF)c1C(=O)O. The molecule has 1 aromatic rings. The van der Waals surface area contributed by atoms with Crippen molar-refractivity contribution in [3.8, 4) is 0 Å². The molecule has 66 valence electrons. The predicted molar refractivity (Wildman–Crippen MR) is 42.1 cm³/mol. The van der Waals surface area contributed by atoms with Crippen LogP contribution in [0, 0.1) is 6.92 Å². The largest absolute Gasteiger partial charge is 0.477 e. The Morgan fingerprint density at radius 3 is 2.92 bits per heavy atom. The van der Waals surface area contributed by atoms with Gasteiger partial charge in [-0.05, 0) is 18.6 Å². The fourth-order valence-electron chi connectivity index (χ4n) is 1.15. The molecule has 3 nitrogen and oxygen atoms in total. The van der Waals surface area contributed by atoms with Crippen LogP contribution in [-0.2, 0) is 6.54 Å². The lowest BCUT2D eigenvalue weighted by Gasteiger charge is -2.02. The molecule has 0 spiro atoms. The first kappa shape index (κ1) is 8.77. The first-order valence-electron chi connectivity index (χ1n) is 3.62. The number of carbonyl (C=O) groups is 1. The first-order valence-corrected chi connectivity index (χ1v) is 3.62. The summed E-state index contributed by atoms with van der Waals surface area (Å²) < 4.78 is 13.3. The zero-order chi connectivity index (χ0) is 9.14. The van der Waals surface area contributed by atoms with Crippen LogP contribution >= 0.6 is 0 Å². The van der Waals surface area contributed by atoms with Crippen molar-refractivity contribution in [1.82, 2.24) is 4.57 Å². The summed E-state index contributed by atoms with van der Waals surface area (Å²) in [6, 6.07) is 1.67. The molecular formula is C8H10FNO2. The number of aryl methyl sites for hydroxylation is 2. The number of aromatic nitrogens is 1. The van der Waals surface area contributed by atoms with Gasteiger partial charge in [0.1, 0.15) is 12.4 Å². The van der Waals surface area contributed by atoms with Crippen LogP contribution in [0.4, 0.5) is 4.39 Å². The van der Waals surface area contributed by atoms with Gasteiger partial charge in [-0.25, -0.2) is 9.18 Å². The molecule has 0 saturated carbocycles. The van der Waals surface area contributed by atoms with E-state index in [-0.39, 0.29) is 12.2 Å². The van der Waals surface area contributed by atoms with Gasteiger partial charge in [-0.1, -0.05) is 0 Å². The summed E-state index contributed by atoms with van der Waals surface area (Å²) in [5, 5.41) is 8.72. The van der Waals surface area contributed by atoms with E-state index in [1.165, 1.54) is 4.57 Å². The topological polar surface area (TPSA) is 42.2 Å². The van der Waals surface area contributed by atoms with Crippen molar-refractivity contribution in [3.05, 3.63) is 23.5 Å². The molecule has 1 N–H and O–H groups in total. The lowest BCUT2D eigenvalue weighted by atomic mass is 10.3. The summed E-state index contributed by atoms with van der Waals surface area (Å²) >= 11 is 0. The summed E-state index contributed by atoms with van der Waals surface area (Å²) in [5.74, 6) is -1.01. The van der Waals surface area contributed by atoms with Crippen LogP contribution in [0.5, 0.6) is 0 Å². The van der Waals surface area contributed by atoms with Gasteiger partial charge in [0.25, 0.3) is 0 Å². The van der Waals surface area contributed by atoms with E-state index in [9.17, 15) is 9.18 Å². The van der Waals surface area contributed by atoms with E-state index in [2.05, 4.69) is 0 Å². The smallest absolute Gasteiger partial charge is 0.352 e. The maximum absolute atomic E-state index is 11.9. The highest BCUT2D eigenvalue weighted by Gasteiger charge is 2.12. The predicted octanol–water partition coefficient (Wildman–Crippen LogP) is 1.46. The number of nitrogens with zero attached hydrogens (tertiary/aromatic N) is 1. The molecule has 0 saturated heterocycles. The summed E-state index contributed by atoms with van der Waals surface area (Å²) in [6.45, 7) is 1.25. The third-order valence-corrected chi connectivity index (χ3v) is 1.69. The van der Waals surface area contributed by atoms with Crippen LogP contribution in [-0.4, -0.2) is 22.3 Å². The van der Waals surface area contributed by atoms with Gasteiger partial charge in [0, 0.05) is 6.20 Å². The zero-order valence-corrected chi connectivity index (χ0v) is 6.75. The Kier molecular flexibility index (Phi) is 2.47. The van der Waals surface area contributed by atoms with Gasteiger partial charge < -0.3 is 9.67 Å². The second-order valence-corrected chi connectivity index (χ2v) is 2.53. The van der Waals surface area contributed by atoms with E-state index >= 15 is 0 Å². The average Bonchev–Trinajstić information content (AvgIpc) is 2.32. The van der Waals surface area contributed by atoms with Crippen molar-refractivity contribution in [2.75, 3.05) is 6.67 Å². The van der Waals surface area contributed by atoms with E-state index in [4.69, 9.17) is 5.11 Å². The number of halogens is 1. The second-order valence-electron chi connectivity index (χ2n) is 2.53. The number of carboxylic acids is 1. The van der Waals surface area contributed by atoms with Crippen LogP contribution in [0.1, 0.15) is 16.1 Å². The van der Waals surface area contributed by atoms with Crippen LogP contribution in [0.2, 0.25) is 0 Å². The minimum atomic E-state index is -1.01. The lowest BCUT2D eigenvalue weighted by Crippen LogP contribution is -2.09. The summed E-state index contributed by atoms with van der Waals surface area (Å²) in [4.78, 5) is 10.6. The number of alkyl halides is 1. The standard InChI is InChI=1S/C8H10FNO2/c1-6-2-4-10(5-3-9)7(6)8(11)12/h2,4H,3,5H2,1H3,(H,11,12). The Morgan fingerprint density at radius 1 is 1.75 bits per heavy atom. The lowest BCUT2D eigenvalue weighted by molar-refractivity contribution is 0.0684. The van der Waals surface area contributed by atoms with Crippen LogP contribution < -0.4 is 0 Å². The molecule has 0 aromatic carbocycles. The molecule has 1 aromatic heterocycles. The number of rotatable bonds is 3. The Hall–Kier alpha value is -1.32. The number of aromatic carboxylic acids is 1.